The number of para-hydroxylation sites is 2. The molecule has 0 bridgehead atoms. The van der Waals surface area contributed by atoms with E-state index in [0.717, 1.165) is 21.6 Å². The zero-order chi connectivity index (χ0) is 13.7. The van der Waals surface area contributed by atoms with Crippen LogP contribution in [0.3, 0.4) is 0 Å². The second-order valence-corrected chi connectivity index (χ2v) is 5.11. The first kappa shape index (κ1) is 13.8. The number of thiocarbonyl (C=S) groups is 1. The van der Waals surface area contributed by atoms with E-state index in [1.807, 2.05) is 48.5 Å². The van der Waals surface area contributed by atoms with Crippen molar-refractivity contribution in [2.45, 2.75) is 0 Å². The van der Waals surface area contributed by atoms with Gasteiger partial charge in [0.25, 0.3) is 0 Å². The lowest BCUT2D eigenvalue weighted by Crippen LogP contribution is -2.19. The minimum absolute atomic E-state index is 0.516. The van der Waals surface area contributed by atoms with Crippen molar-refractivity contribution >= 4 is 44.6 Å². The van der Waals surface area contributed by atoms with Crippen molar-refractivity contribution < 1.29 is 4.74 Å². The van der Waals surface area contributed by atoms with E-state index in [4.69, 9.17) is 17.0 Å². The van der Waals surface area contributed by atoms with Gasteiger partial charge in [-0.25, -0.2) is 0 Å². The largest absolute Gasteiger partial charge is 0.495 e. The normalized spacial score (nSPS) is 9.79. The Kier molecular flexibility index (Phi) is 4.76. The van der Waals surface area contributed by atoms with Gasteiger partial charge in [0.2, 0.25) is 0 Å². The molecule has 0 saturated carbocycles. The molecule has 0 heterocycles. The highest BCUT2D eigenvalue weighted by Gasteiger charge is 2.04. The molecule has 0 aromatic heterocycles. The fourth-order valence-electron chi connectivity index (χ4n) is 1.60. The van der Waals surface area contributed by atoms with Gasteiger partial charge in [0.15, 0.2) is 5.11 Å². The summed E-state index contributed by atoms with van der Waals surface area (Å²) in [6.07, 6.45) is 0. The van der Waals surface area contributed by atoms with Crippen molar-refractivity contribution in [1.29, 1.82) is 0 Å². The number of hydrogen-bond acceptors (Lipinski definition) is 2. The van der Waals surface area contributed by atoms with Crippen LogP contribution in [0.5, 0.6) is 5.75 Å². The second-order valence-electron chi connectivity index (χ2n) is 3.79. The molecule has 2 N–H and O–H groups in total. The van der Waals surface area contributed by atoms with Crippen LogP contribution >= 0.6 is 28.1 Å². The highest BCUT2D eigenvalue weighted by Crippen LogP contribution is 2.23. The van der Waals surface area contributed by atoms with Crippen molar-refractivity contribution in [1.82, 2.24) is 0 Å². The molecule has 98 valence electrons. The van der Waals surface area contributed by atoms with Crippen LogP contribution in [0, 0.1) is 0 Å². The van der Waals surface area contributed by atoms with Crippen molar-refractivity contribution in [3.05, 3.63) is 53.0 Å². The lowest BCUT2D eigenvalue weighted by atomic mass is 10.3. The fourth-order valence-corrected chi connectivity index (χ4v) is 2.23. The predicted molar refractivity (Wildman–Crippen MR) is 87.0 cm³/mol. The molecule has 0 fully saturated rings. The van der Waals surface area contributed by atoms with Gasteiger partial charge in [-0.3, -0.25) is 0 Å². The number of methoxy groups -OCH3 is 1. The summed E-state index contributed by atoms with van der Waals surface area (Å²) < 4.78 is 6.26. The highest BCUT2D eigenvalue weighted by molar-refractivity contribution is 9.10. The number of ether oxygens (including phenoxy) is 1. The Morgan fingerprint density at radius 2 is 1.89 bits per heavy atom. The van der Waals surface area contributed by atoms with Crippen molar-refractivity contribution in [2.24, 2.45) is 0 Å². The van der Waals surface area contributed by atoms with Gasteiger partial charge in [-0.15, -0.1) is 0 Å². The van der Waals surface area contributed by atoms with Gasteiger partial charge in [-0.1, -0.05) is 34.1 Å². The average molecular weight is 337 g/mol. The smallest absolute Gasteiger partial charge is 0.175 e. The molecular formula is C14H13BrN2OS. The first-order chi connectivity index (χ1) is 9.19. The van der Waals surface area contributed by atoms with E-state index in [2.05, 4.69) is 26.6 Å². The molecule has 0 aliphatic rings. The van der Waals surface area contributed by atoms with E-state index in [9.17, 15) is 0 Å². The molecule has 5 heteroatoms. The standard InChI is InChI=1S/C14H13BrN2OS/c1-18-13-8-3-2-7-12(13)17-14(19)16-11-6-4-5-10(15)9-11/h2-9H,1H3,(H2,16,17,19). The number of hydrogen-bond donors (Lipinski definition) is 2. The molecule has 0 unspecified atom stereocenters. The van der Waals surface area contributed by atoms with Gasteiger partial charge in [0, 0.05) is 10.2 Å². The van der Waals surface area contributed by atoms with E-state index in [1.54, 1.807) is 7.11 Å². The number of halogens is 1. The Bertz CT molecular complexity index is 589. The Morgan fingerprint density at radius 1 is 1.11 bits per heavy atom. The molecule has 3 nitrogen and oxygen atoms in total. The maximum Gasteiger partial charge on any atom is 0.175 e. The van der Waals surface area contributed by atoms with Crippen LogP contribution in [0.15, 0.2) is 53.0 Å². The minimum atomic E-state index is 0.516. The van der Waals surface area contributed by atoms with Crippen molar-refractivity contribution in [3.8, 4) is 5.75 Å². The van der Waals surface area contributed by atoms with Crippen molar-refractivity contribution in [3.63, 3.8) is 0 Å². The predicted octanol–water partition coefficient (Wildman–Crippen LogP) is 4.27. The third kappa shape index (κ3) is 3.94. The molecule has 0 spiro atoms. The first-order valence-electron chi connectivity index (χ1n) is 5.65. The molecular weight excluding hydrogens is 324 g/mol. The Labute approximate surface area is 126 Å². The molecule has 19 heavy (non-hydrogen) atoms. The van der Waals surface area contributed by atoms with Crippen LogP contribution in [0.2, 0.25) is 0 Å². The molecule has 2 aromatic carbocycles. The van der Waals surface area contributed by atoms with E-state index in [0.29, 0.717) is 5.11 Å². The fraction of sp³-hybridized carbons (Fsp3) is 0.0714. The third-order valence-corrected chi connectivity index (χ3v) is 3.14. The van der Waals surface area contributed by atoms with E-state index >= 15 is 0 Å². The first-order valence-corrected chi connectivity index (χ1v) is 6.86. The number of rotatable bonds is 3. The van der Waals surface area contributed by atoms with Gasteiger partial charge >= 0.3 is 0 Å². The average Bonchev–Trinajstić information content (AvgIpc) is 2.39. The SMILES string of the molecule is COc1ccccc1NC(=S)Nc1cccc(Br)c1. The zero-order valence-corrected chi connectivity index (χ0v) is 12.7. The van der Waals surface area contributed by atoms with Crippen LogP contribution in [0.4, 0.5) is 11.4 Å². The quantitative estimate of drug-likeness (QED) is 0.820. The molecule has 2 rings (SSSR count). The molecule has 0 atom stereocenters. The molecule has 0 aliphatic carbocycles. The lowest BCUT2D eigenvalue weighted by Gasteiger charge is -2.13. The maximum absolute atomic E-state index is 5.28. The van der Waals surface area contributed by atoms with E-state index < -0.39 is 0 Å². The van der Waals surface area contributed by atoms with Crippen LogP contribution < -0.4 is 15.4 Å². The van der Waals surface area contributed by atoms with Gasteiger partial charge in [-0.2, -0.15) is 0 Å². The Balaban J connectivity index is 2.05. The summed E-state index contributed by atoms with van der Waals surface area (Å²) in [5.41, 5.74) is 1.75. The minimum Gasteiger partial charge on any atom is -0.495 e. The van der Waals surface area contributed by atoms with Crippen LogP contribution in [-0.2, 0) is 0 Å². The van der Waals surface area contributed by atoms with Gasteiger partial charge in [-0.05, 0) is 42.5 Å². The van der Waals surface area contributed by atoms with E-state index in [-0.39, 0.29) is 0 Å². The summed E-state index contributed by atoms with van der Waals surface area (Å²) in [4.78, 5) is 0. The van der Waals surface area contributed by atoms with Gasteiger partial charge in [0.05, 0.1) is 12.8 Å². The number of anilines is 2. The summed E-state index contributed by atoms with van der Waals surface area (Å²) in [5.74, 6) is 0.751. The monoisotopic (exact) mass is 336 g/mol. The third-order valence-electron chi connectivity index (χ3n) is 2.44. The Morgan fingerprint density at radius 3 is 2.63 bits per heavy atom. The summed E-state index contributed by atoms with van der Waals surface area (Å²) in [6.45, 7) is 0. The molecule has 0 radical (unpaired) electrons. The molecule has 0 amide bonds. The molecule has 2 aromatic rings. The highest BCUT2D eigenvalue weighted by atomic mass is 79.9. The summed E-state index contributed by atoms with van der Waals surface area (Å²) in [5, 5.41) is 6.74. The van der Waals surface area contributed by atoms with Crippen LogP contribution in [0.1, 0.15) is 0 Å². The Hall–Kier alpha value is -1.59. The number of benzene rings is 2. The lowest BCUT2D eigenvalue weighted by molar-refractivity contribution is 0.417. The summed E-state index contributed by atoms with van der Waals surface area (Å²) in [6, 6.07) is 15.4. The molecule has 0 aliphatic heterocycles. The second kappa shape index (κ2) is 6.54. The maximum atomic E-state index is 5.28. The van der Waals surface area contributed by atoms with Crippen LogP contribution in [-0.4, -0.2) is 12.2 Å². The molecule has 0 saturated heterocycles. The summed E-state index contributed by atoms with van der Waals surface area (Å²) in [7, 11) is 1.63. The van der Waals surface area contributed by atoms with Gasteiger partial charge < -0.3 is 15.4 Å². The summed E-state index contributed by atoms with van der Waals surface area (Å²) >= 11 is 8.69. The van der Waals surface area contributed by atoms with Crippen LogP contribution in [0.25, 0.3) is 0 Å². The zero-order valence-electron chi connectivity index (χ0n) is 10.3. The number of nitrogens with one attached hydrogen (secondary N) is 2. The topological polar surface area (TPSA) is 33.3 Å². The van der Waals surface area contributed by atoms with Crippen molar-refractivity contribution in [2.75, 3.05) is 17.7 Å². The van der Waals surface area contributed by atoms with E-state index in [1.165, 1.54) is 0 Å². The van der Waals surface area contributed by atoms with Gasteiger partial charge in [0.1, 0.15) is 5.75 Å².